The summed E-state index contributed by atoms with van der Waals surface area (Å²) in [6, 6.07) is 15.5. The summed E-state index contributed by atoms with van der Waals surface area (Å²) < 4.78 is 5.31. The first-order chi connectivity index (χ1) is 15.2. The van der Waals surface area contributed by atoms with Gasteiger partial charge in [0.25, 0.3) is 5.91 Å². The number of ether oxygens (including phenoxy) is 1. The Morgan fingerprint density at radius 2 is 1.75 bits per heavy atom. The topological polar surface area (TPSA) is 112 Å². The fourth-order valence-electron chi connectivity index (χ4n) is 3.77. The number of benzene rings is 2. The Kier molecular flexibility index (Phi) is 6.78. The van der Waals surface area contributed by atoms with Gasteiger partial charge in [0.05, 0.1) is 12.7 Å². The van der Waals surface area contributed by atoms with Crippen LogP contribution in [0, 0.1) is 20.8 Å². The molecule has 2 aromatic carbocycles. The summed E-state index contributed by atoms with van der Waals surface area (Å²) in [5.41, 5.74) is 16.1. The molecule has 2 amide bonds. The van der Waals surface area contributed by atoms with E-state index in [1.165, 1.54) is 12.0 Å². The highest BCUT2D eigenvalue weighted by atomic mass is 16.5. The van der Waals surface area contributed by atoms with E-state index >= 15 is 0 Å². The number of aryl methyl sites for hydroxylation is 3. The minimum absolute atomic E-state index is 0.121. The quantitative estimate of drug-likeness (QED) is 0.594. The molecule has 3 rings (SSSR count). The lowest BCUT2D eigenvalue weighted by atomic mass is 10.00. The average molecular weight is 433 g/mol. The zero-order valence-electron chi connectivity index (χ0n) is 18.8. The Bertz CT molecular complexity index is 1120. The summed E-state index contributed by atoms with van der Waals surface area (Å²) in [5.74, 6) is -0.394. The van der Waals surface area contributed by atoms with E-state index in [0.29, 0.717) is 22.6 Å². The van der Waals surface area contributed by atoms with E-state index in [9.17, 15) is 9.59 Å². The van der Waals surface area contributed by atoms with Crippen LogP contribution in [0.5, 0.6) is 5.75 Å². The number of amides is 2. The van der Waals surface area contributed by atoms with E-state index in [2.05, 4.69) is 4.98 Å². The molecule has 1 atom stereocenters. The van der Waals surface area contributed by atoms with Gasteiger partial charge in [0.2, 0.25) is 5.91 Å². The van der Waals surface area contributed by atoms with Crippen LogP contribution in [-0.4, -0.2) is 28.8 Å². The summed E-state index contributed by atoms with van der Waals surface area (Å²) in [5, 5.41) is 0. The number of nitrogen functional groups attached to an aromatic ring is 1. The maximum absolute atomic E-state index is 13.8. The second kappa shape index (κ2) is 9.51. The number of carbonyl (C=O) groups is 2. The van der Waals surface area contributed by atoms with Crippen LogP contribution in [0.1, 0.15) is 44.3 Å². The van der Waals surface area contributed by atoms with Crippen LogP contribution in [0.2, 0.25) is 0 Å². The summed E-state index contributed by atoms with van der Waals surface area (Å²) in [6.07, 6.45) is 0. The van der Waals surface area contributed by atoms with E-state index in [0.717, 1.165) is 11.1 Å². The second-order valence-electron chi connectivity index (χ2n) is 7.84. The van der Waals surface area contributed by atoms with Crippen molar-refractivity contribution >= 4 is 17.6 Å². The zero-order valence-corrected chi connectivity index (χ0v) is 18.8. The molecule has 0 saturated heterocycles. The summed E-state index contributed by atoms with van der Waals surface area (Å²) >= 11 is 0. The Morgan fingerprint density at radius 3 is 2.34 bits per heavy atom. The van der Waals surface area contributed by atoms with Gasteiger partial charge in [-0.3, -0.25) is 9.59 Å². The van der Waals surface area contributed by atoms with Crippen molar-refractivity contribution in [3.63, 3.8) is 0 Å². The number of methoxy groups -OCH3 is 1. The number of aromatic nitrogens is 1. The Morgan fingerprint density at radius 1 is 1.06 bits per heavy atom. The van der Waals surface area contributed by atoms with Gasteiger partial charge in [-0.2, -0.15) is 0 Å². The third-order valence-electron chi connectivity index (χ3n) is 5.31. The number of nitrogens with two attached hydrogens (primary N) is 2. The maximum Gasteiger partial charge on any atom is 0.259 e. The predicted octanol–water partition coefficient (Wildman–Crippen LogP) is 3.47. The van der Waals surface area contributed by atoms with Gasteiger partial charge in [-0.1, -0.05) is 42.0 Å². The number of carbonyl (C=O) groups excluding carboxylic acids is 2. The Labute approximate surface area is 188 Å². The molecule has 0 spiro atoms. The van der Waals surface area contributed by atoms with Gasteiger partial charge >= 0.3 is 0 Å². The molecule has 7 nitrogen and oxygen atoms in total. The molecule has 0 fully saturated rings. The molecule has 0 bridgehead atoms. The lowest BCUT2D eigenvalue weighted by molar-refractivity contribution is -0.122. The van der Waals surface area contributed by atoms with Gasteiger partial charge in [-0.15, -0.1) is 0 Å². The average Bonchev–Trinajstić information content (AvgIpc) is 2.74. The van der Waals surface area contributed by atoms with Crippen LogP contribution >= 0.6 is 0 Å². The van der Waals surface area contributed by atoms with Crippen LogP contribution in [0.15, 0.2) is 54.6 Å². The minimum atomic E-state index is -1.03. The molecule has 1 aromatic heterocycles. The van der Waals surface area contributed by atoms with Crippen LogP contribution in [0.3, 0.4) is 0 Å². The Balaban J connectivity index is 2.15. The molecule has 0 radical (unpaired) electrons. The highest BCUT2D eigenvalue weighted by Gasteiger charge is 2.33. The highest BCUT2D eigenvalue weighted by Crippen LogP contribution is 2.29. The van der Waals surface area contributed by atoms with Crippen molar-refractivity contribution in [2.24, 2.45) is 5.73 Å². The summed E-state index contributed by atoms with van der Waals surface area (Å²) in [4.78, 5) is 32.2. The van der Waals surface area contributed by atoms with E-state index in [1.807, 2.05) is 38.1 Å². The lowest BCUT2D eigenvalue weighted by Gasteiger charge is -2.31. The number of pyridine rings is 1. The number of hydrogen-bond donors (Lipinski definition) is 2. The number of primary amides is 1. The largest absolute Gasteiger partial charge is 0.497 e. The van der Waals surface area contributed by atoms with Gasteiger partial charge in [0.15, 0.2) is 0 Å². The van der Waals surface area contributed by atoms with Gasteiger partial charge < -0.3 is 21.1 Å². The second-order valence-corrected chi connectivity index (χ2v) is 7.84. The van der Waals surface area contributed by atoms with Gasteiger partial charge in [0.1, 0.15) is 17.6 Å². The maximum atomic E-state index is 13.8. The lowest BCUT2D eigenvalue weighted by Crippen LogP contribution is -2.42. The first-order valence-corrected chi connectivity index (χ1v) is 10.2. The van der Waals surface area contributed by atoms with Crippen molar-refractivity contribution in [1.29, 1.82) is 0 Å². The molecule has 0 saturated carbocycles. The number of anilines is 1. The first kappa shape index (κ1) is 22.8. The standard InChI is InChI=1S/C25H28N4O3/c1-15-8-10-18(11-9-15)14-29(25(31)21-16(2)12-17(3)28-23(21)26)22(24(27)30)19-6-5-7-20(13-19)32-4/h5-13,22H,14H2,1-4H3,(H2,26,28)(H2,27,30)/t22-/m0/s1. The van der Waals surface area contributed by atoms with Crippen LogP contribution in [-0.2, 0) is 11.3 Å². The van der Waals surface area contributed by atoms with Crippen molar-refractivity contribution in [1.82, 2.24) is 9.88 Å². The zero-order chi connectivity index (χ0) is 23.4. The molecular weight excluding hydrogens is 404 g/mol. The van der Waals surface area contributed by atoms with Crippen molar-refractivity contribution in [2.75, 3.05) is 12.8 Å². The van der Waals surface area contributed by atoms with Crippen LogP contribution < -0.4 is 16.2 Å². The molecule has 4 N–H and O–H groups in total. The predicted molar refractivity (Wildman–Crippen MR) is 124 cm³/mol. The molecule has 0 aliphatic rings. The fraction of sp³-hybridized carbons (Fsp3) is 0.240. The minimum Gasteiger partial charge on any atom is -0.497 e. The van der Waals surface area contributed by atoms with Crippen molar-refractivity contribution in [3.8, 4) is 5.75 Å². The molecule has 1 heterocycles. The molecular formula is C25H28N4O3. The molecule has 0 aliphatic carbocycles. The van der Waals surface area contributed by atoms with Gasteiger partial charge in [-0.05, 0) is 55.7 Å². The smallest absolute Gasteiger partial charge is 0.259 e. The van der Waals surface area contributed by atoms with Crippen molar-refractivity contribution < 1.29 is 14.3 Å². The monoisotopic (exact) mass is 432 g/mol. The number of rotatable bonds is 7. The highest BCUT2D eigenvalue weighted by molar-refractivity contribution is 6.02. The Hall–Kier alpha value is -3.87. The number of nitrogens with zero attached hydrogens (tertiary/aromatic N) is 2. The normalized spacial score (nSPS) is 11.6. The molecule has 0 unspecified atom stereocenters. The molecule has 3 aromatic rings. The molecule has 0 aliphatic heterocycles. The third-order valence-corrected chi connectivity index (χ3v) is 5.31. The van der Waals surface area contributed by atoms with Gasteiger partial charge in [-0.25, -0.2) is 4.98 Å². The van der Waals surface area contributed by atoms with E-state index in [1.54, 1.807) is 37.3 Å². The summed E-state index contributed by atoms with van der Waals surface area (Å²) in [6.45, 7) is 5.76. The van der Waals surface area contributed by atoms with Crippen molar-refractivity contribution in [2.45, 2.75) is 33.4 Å². The first-order valence-electron chi connectivity index (χ1n) is 10.2. The molecule has 166 valence electrons. The van der Waals surface area contributed by atoms with Crippen LogP contribution in [0.25, 0.3) is 0 Å². The van der Waals surface area contributed by atoms with E-state index < -0.39 is 17.9 Å². The number of hydrogen-bond acceptors (Lipinski definition) is 5. The molecule has 32 heavy (non-hydrogen) atoms. The molecule has 7 heteroatoms. The fourth-order valence-corrected chi connectivity index (χ4v) is 3.77. The van der Waals surface area contributed by atoms with Crippen molar-refractivity contribution in [3.05, 3.63) is 88.1 Å². The van der Waals surface area contributed by atoms with Gasteiger partial charge in [0, 0.05) is 12.2 Å². The summed E-state index contributed by atoms with van der Waals surface area (Å²) in [7, 11) is 1.54. The third kappa shape index (κ3) is 4.88. The van der Waals surface area contributed by atoms with Crippen LogP contribution in [0.4, 0.5) is 5.82 Å². The van der Waals surface area contributed by atoms with E-state index in [-0.39, 0.29) is 17.9 Å². The van der Waals surface area contributed by atoms with E-state index in [4.69, 9.17) is 16.2 Å². The SMILES string of the molecule is COc1cccc([C@@H](C(N)=O)N(Cc2ccc(C)cc2)C(=O)c2c(C)cc(C)nc2N)c1.